The quantitative estimate of drug-likeness (QED) is 0.311. The molecule has 0 aliphatic rings. The van der Waals surface area contributed by atoms with Gasteiger partial charge in [-0.2, -0.15) is 17.5 Å². The number of ether oxygens (including phenoxy) is 2. The zero-order valence-electron chi connectivity index (χ0n) is 18.5. The number of methoxy groups -OCH3 is 1. The lowest BCUT2D eigenvalue weighted by molar-refractivity contribution is -0.135. The van der Waals surface area contributed by atoms with E-state index in [1.54, 1.807) is 26.0 Å². The van der Waals surface area contributed by atoms with Crippen LogP contribution in [0.2, 0.25) is 0 Å². The second kappa shape index (κ2) is 10.2. The third-order valence-electron chi connectivity index (χ3n) is 5.43. The standard InChI is InChI=1S/C23H22F5NO4S/c1-11-12(2)18(6-4-13(11)5-7-19(30)31)33-10-15-21(29-34-22(15)23(26,27)28)20-16(24)8-14(32-3)9-17(20)25/h4,6,8-9,19,30-31H,5,7,10H2,1-3H3. The molecule has 11 heteroatoms. The first-order chi connectivity index (χ1) is 15.9. The van der Waals surface area contributed by atoms with E-state index in [9.17, 15) is 22.0 Å². The van der Waals surface area contributed by atoms with Crippen molar-refractivity contribution in [3.63, 3.8) is 0 Å². The summed E-state index contributed by atoms with van der Waals surface area (Å²) in [6.45, 7) is 2.87. The number of aromatic nitrogens is 1. The van der Waals surface area contributed by atoms with E-state index in [4.69, 9.17) is 19.7 Å². The Morgan fingerprint density at radius 1 is 1.06 bits per heavy atom. The molecule has 3 aromatic rings. The SMILES string of the molecule is COc1cc(F)c(-c2nsc(C(F)(F)F)c2COc2ccc(CCC(O)O)c(C)c2C)c(F)c1. The van der Waals surface area contributed by atoms with Gasteiger partial charge in [0.05, 0.1) is 18.4 Å². The van der Waals surface area contributed by atoms with Gasteiger partial charge >= 0.3 is 6.18 Å². The molecule has 0 atom stereocenters. The fraction of sp³-hybridized carbons (Fsp3) is 0.348. The highest BCUT2D eigenvalue weighted by atomic mass is 32.1. The number of nitrogens with zero attached hydrogens (tertiary/aromatic N) is 1. The smallest absolute Gasteiger partial charge is 0.427 e. The Kier molecular flexibility index (Phi) is 7.79. The zero-order valence-corrected chi connectivity index (χ0v) is 19.3. The van der Waals surface area contributed by atoms with E-state index >= 15 is 0 Å². The van der Waals surface area contributed by atoms with Gasteiger partial charge in [0.25, 0.3) is 0 Å². The first-order valence-electron chi connectivity index (χ1n) is 10.1. The normalized spacial score (nSPS) is 11.9. The second-order valence-corrected chi connectivity index (χ2v) is 8.36. The van der Waals surface area contributed by atoms with E-state index in [1.807, 2.05) is 0 Å². The summed E-state index contributed by atoms with van der Waals surface area (Å²) in [5.41, 5.74) is 0.587. The predicted octanol–water partition coefficient (Wildman–Crippen LogP) is 5.55. The van der Waals surface area contributed by atoms with Crippen LogP contribution >= 0.6 is 11.5 Å². The van der Waals surface area contributed by atoms with Gasteiger partial charge in [-0.05, 0) is 54.6 Å². The van der Waals surface area contributed by atoms with Gasteiger partial charge in [-0.1, -0.05) is 6.07 Å². The van der Waals surface area contributed by atoms with Gasteiger partial charge in [-0.15, -0.1) is 0 Å². The summed E-state index contributed by atoms with van der Waals surface area (Å²) >= 11 is 0.0926. The molecule has 0 radical (unpaired) electrons. The maximum Gasteiger partial charge on any atom is 0.427 e. The summed E-state index contributed by atoms with van der Waals surface area (Å²) < 4.78 is 84.3. The minimum Gasteiger partial charge on any atom is -0.497 e. The van der Waals surface area contributed by atoms with Crippen molar-refractivity contribution in [3.05, 3.63) is 63.0 Å². The third kappa shape index (κ3) is 5.48. The lowest BCUT2D eigenvalue weighted by Crippen LogP contribution is -2.10. The fourth-order valence-electron chi connectivity index (χ4n) is 3.47. The molecule has 2 N–H and O–H groups in total. The van der Waals surface area contributed by atoms with Crippen LogP contribution in [0.25, 0.3) is 11.3 Å². The molecule has 0 bridgehead atoms. The first kappa shape index (κ1) is 25.9. The maximum atomic E-state index is 14.6. The molecule has 34 heavy (non-hydrogen) atoms. The van der Waals surface area contributed by atoms with Crippen molar-refractivity contribution < 1.29 is 41.6 Å². The van der Waals surface area contributed by atoms with E-state index in [0.717, 1.165) is 23.3 Å². The van der Waals surface area contributed by atoms with Gasteiger partial charge in [-0.3, -0.25) is 0 Å². The number of hydrogen-bond acceptors (Lipinski definition) is 6. The molecule has 2 aromatic carbocycles. The maximum absolute atomic E-state index is 14.6. The number of benzene rings is 2. The average Bonchev–Trinajstić information content (AvgIpc) is 3.17. The second-order valence-electron chi connectivity index (χ2n) is 7.58. The van der Waals surface area contributed by atoms with Gasteiger partial charge in [0.15, 0.2) is 6.29 Å². The largest absolute Gasteiger partial charge is 0.497 e. The van der Waals surface area contributed by atoms with Crippen molar-refractivity contribution in [2.75, 3.05) is 7.11 Å². The number of hydrogen-bond donors (Lipinski definition) is 2. The van der Waals surface area contributed by atoms with E-state index in [2.05, 4.69) is 4.37 Å². The van der Waals surface area contributed by atoms with Crippen LogP contribution in [0.3, 0.4) is 0 Å². The van der Waals surface area contributed by atoms with E-state index in [0.29, 0.717) is 12.0 Å². The molecule has 184 valence electrons. The summed E-state index contributed by atoms with van der Waals surface area (Å²) in [4.78, 5) is -1.11. The molecule has 0 saturated carbocycles. The van der Waals surface area contributed by atoms with E-state index in [1.165, 1.54) is 7.11 Å². The van der Waals surface area contributed by atoms with Crippen molar-refractivity contribution in [1.29, 1.82) is 0 Å². The van der Waals surface area contributed by atoms with Crippen LogP contribution < -0.4 is 9.47 Å². The summed E-state index contributed by atoms with van der Waals surface area (Å²) in [7, 11) is 1.21. The summed E-state index contributed by atoms with van der Waals surface area (Å²) in [5.74, 6) is -2.06. The Morgan fingerprint density at radius 3 is 2.26 bits per heavy atom. The lowest BCUT2D eigenvalue weighted by Gasteiger charge is -2.16. The summed E-state index contributed by atoms with van der Waals surface area (Å²) in [5, 5.41) is 18.1. The number of aliphatic hydroxyl groups is 2. The topological polar surface area (TPSA) is 71.8 Å². The van der Waals surface area contributed by atoms with Crippen LogP contribution in [0, 0.1) is 25.5 Å². The van der Waals surface area contributed by atoms with Crippen LogP contribution in [0.5, 0.6) is 11.5 Å². The molecule has 1 aromatic heterocycles. The van der Waals surface area contributed by atoms with Crippen LogP contribution in [0.15, 0.2) is 24.3 Å². The predicted molar refractivity (Wildman–Crippen MR) is 116 cm³/mol. The Hall–Kier alpha value is -2.76. The highest BCUT2D eigenvalue weighted by Gasteiger charge is 2.39. The number of alkyl halides is 3. The number of rotatable bonds is 8. The van der Waals surface area contributed by atoms with Crippen molar-refractivity contribution in [2.45, 2.75) is 45.8 Å². The van der Waals surface area contributed by atoms with Gasteiger partial charge in [0.2, 0.25) is 0 Å². The summed E-state index contributed by atoms with van der Waals surface area (Å²) in [6, 6.07) is 4.97. The average molecular weight is 503 g/mol. The molecule has 0 aliphatic heterocycles. The van der Waals surface area contributed by atoms with Crippen LogP contribution in [-0.2, 0) is 19.2 Å². The van der Waals surface area contributed by atoms with Crippen molar-refractivity contribution in [1.82, 2.24) is 4.37 Å². The van der Waals surface area contributed by atoms with Gasteiger partial charge < -0.3 is 19.7 Å². The monoisotopic (exact) mass is 503 g/mol. The Morgan fingerprint density at radius 2 is 1.71 bits per heavy atom. The molecule has 0 saturated heterocycles. The molecule has 3 rings (SSSR count). The minimum atomic E-state index is -4.80. The Labute approximate surface area is 196 Å². The van der Waals surface area contributed by atoms with Gasteiger partial charge in [-0.25, -0.2) is 8.78 Å². The highest BCUT2D eigenvalue weighted by Crippen LogP contribution is 2.42. The highest BCUT2D eigenvalue weighted by molar-refractivity contribution is 7.06. The molecule has 5 nitrogen and oxygen atoms in total. The van der Waals surface area contributed by atoms with Gasteiger partial charge in [0.1, 0.15) is 34.6 Å². The van der Waals surface area contributed by atoms with Gasteiger partial charge in [0, 0.05) is 24.1 Å². The summed E-state index contributed by atoms with van der Waals surface area (Å²) in [6.07, 6.45) is -5.75. The van der Waals surface area contributed by atoms with Crippen LogP contribution in [0.4, 0.5) is 22.0 Å². The molecule has 0 aliphatic carbocycles. The molecular formula is C23H22F5NO4S. The molecule has 0 spiro atoms. The van der Waals surface area contributed by atoms with Crippen molar-refractivity contribution in [2.24, 2.45) is 0 Å². The van der Waals surface area contributed by atoms with Crippen LogP contribution in [0.1, 0.15) is 33.6 Å². The van der Waals surface area contributed by atoms with Crippen LogP contribution in [-0.4, -0.2) is 28.0 Å². The number of aryl methyl sites for hydroxylation is 1. The minimum absolute atomic E-state index is 0.0926. The Balaban J connectivity index is 1.98. The van der Waals surface area contributed by atoms with Crippen molar-refractivity contribution in [3.8, 4) is 22.8 Å². The first-order valence-corrected chi connectivity index (χ1v) is 10.9. The number of aliphatic hydroxyl groups excluding tert-OH is 1. The molecule has 0 unspecified atom stereocenters. The molecule has 0 amide bonds. The molecular weight excluding hydrogens is 481 g/mol. The zero-order chi connectivity index (χ0) is 25.2. The fourth-order valence-corrected chi connectivity index (χ4v) is 4.22. The third-order valence-corrected chi connectivity index (χ3v) is 6.36. The lowest BCUT2D eigenvalue weighted by atomic mass is 9.98. The Bertz CT molecular complexity index is 1150. The van der Waals surface area contributed by atoms with E-state index in [-0.39, 0.29) is 29.5 Å². The molecule has 0 fully saturated rings. The van der Waals surface area contributed by atoms with Crippen molar-refractivity contribution >= 4 is 11.5 Å². The number of halogens is 5. The molecule has 1 heterocycles. The van der Waals surface area contributed by atoms with E-state index < -0.39 is 52.4 Å².